The van der Waals surface area contributed by atoms with Crippen molar-refractivity contribution in [2.75, 3.05) is 0 Å². The molecule has 0 aromatic heterocycles. The molecule has 0 amide bonds. The summed E-state index contributed by atoms with van der Waals surface area (Å²) in [6.07, 6.45) is 1.76. The number of nitrogens with two attached hydrogens (primary N) is 1. The molecular formula is C12H15ClF3NO. The van der Waals surface area contributed by atoms with Crippen LogP contribution in [-0.4, -0.2) is 11.2 Å². The Kier molecular flexibility index (Phi) is 5.01. The Labute approximate surface area is 109 Å². The van der Waals surface area contributed by atoms with Crippen LogP contribution in [0.2, 0.25) is 0 Å². The highest BCUT2D eigenvalue weighted by Crippen LogP contribution is 2.35. The molecule has 0 heterocycles. The molecule has 6 heteroatoms. The number of hydrogen-bond donors (Lipinski definition) is 2. The summed E-state index contributed by atoms with van der Waals surface area (Å²) in [5.74, 6) is -4.08. The first-order chi connectivity index (χ1) is 8.02. The van der Waals surface area contributed by atoms with E-state index >= 15 is 0 Å². The maximum Gasteiger partial charge on any atom is 0.194 e. The zero-order chi connectivity index (χ0) is 12.6. The normalized spacial score (nSPS) is 18.7. The minimum Gasteiger partial charge on any atom is -0.391 e. The molecule has 3 N–H and O–H groups in total. The molecule has 1 aliphatic carbocycles. The van der Waals surface area contributed by atoms with Crippen LogP contribution in [0, 0.1) is 23.4 Å². The minimum absolute atomic E-state index is 0. The van der Waals surface area contributed by atoms with E-state index < -0.39 is 29.6 Å². The molecule has 1 aromatic carbocycles. The molecule has 2 nitrogen and oxygen atoms in total. The van der Waals surface area contributed by atoms with Gasteiger partial charge in [-0.2, -0.15) is 0 Å². The fraction of sp³-hybridized carbons (Fsp3) is 0.500. The van der Waals surface area contributed by atoms with Crippen molar-refractivity contribution in [2.24, 2.45) is 11.7 Å². The fourth-order valence-electron chi connectivity index (χ4n) is 2.06. The molecule has 0 unspecified atom stereocenters. The highest BCUT2D eigenvalue weighted by atomic mass is 35.5. The van der Waals surface area contributed by atoms with Crippen LogP contribution < -0.4 is 5.73 Å². The lowest BCUT2D eigenvalue weighted by molar-refractivity contribution is 0.0402. The molecule has 1 fully saturated rings. The van der Waals surface area contributed by atoms with Crippen molar-refractivity contribution in [3.8, 4) is 0 Å². The maximum atomic E-state index is 13.5. The molecule has 2 rings (SSSR count). The van der Waals surface area contributed by atoms with Crippen LogP contribution in [0.4, 0.5) is 13.2 Å². The average Bonchev–Trinajstić information content (AvgIpc) is 2.23. The van der Waals surface area contributed by atoms with Gasteiger partial charge in [0.05, 0.1) is 12.1 Å². The molecule has 102 valence electrons. The van der Waals surface area contributed by atoms with Crippen molar-refractivity contribution in [3.63, 3.8) is 0 Å². The summed E-state index contributed by atoms with van der Waals surface area (Å²) in [7, 11) is 0. The molecule has 18 heavy (non-hydrogen) atoms. The minimum atomic E-state index is -1.54. The molecular weight excluding hydrogens is 267 g/mol. The van der Waals surface area contributed by atoms with Gasteiger partial charge in [-0.25, -0.2) is 13.2 Å². The van der Waals surface area contributed by atoms with Gasteiger partial charge in [0, 0.05) is 5.56 Å². The number of benzene rings is 1. The Morgan fingerprint density at radius 3 is 2.28 bits per heavy atom. The van der Waals surface area contributed by atoms with Crippen molar-refractivity contribution in [1.29, 1.82) is 0 Å². The van der Waals surface area contributed by atoms with Gasteiger partial charge in [0.15, 0.2) is 17.5 Å². The van der Waals surface area contributed by atoms with E-state index in [1.54, 1.807) is 0 Å². The van der Waals surface area contributed by atoms with Crippen LogP contribution in [0.3, 0.4) is 0 Å². The van der Waals surface area contributed by atoms with Crippen molar-refractivity contribution in [1.82, 2.24) is 0 Å². The zero-order valence-electron chi connectivity index (χ0n) is 9.57. The van der Waals surface area contributed by atoms with Gasteiger partial charge in [-0.3, -0.25) is 0 Å². The lowest BCUT2D eigenvalue weighted by atomic mass is 9.77. The van der Waals surface area contributed by atoms with E-state index in [4.69, 9.17) is 5.73 Å². The Bertz CT molecular complexity index is 426. The van der Waals surface area contributed by atoms with Gasteiger partial charge in [0.1, 0.15) is 0 Å². The first-order valence-corrected chi connectivity index (χ1v) is 5.59. The average molecular weight is 282 g/mol. The van der Waals surface area contributed by atoms with Crippen molar-refractivity contribution in [3.05, 3.63) is 35.1 Å². The molecule has 0 radical (unpaired) electrons. The summed E-state index contributed by atoms with van der Waals surface area (Å²) in [5.41, 5.74) is 5.51. The Balaban J connectivity index is 0.00000162. The van der Waals surface area contributed by atoms with E-state index in [-0.39, 0.29) is 23.9 Å². The van der Waals surface area contributed by atoms with Crippen LogP contribution in [-0.2, 0) is 0 Å². The molecule has 2 atom stereocenters. The topological polar surface area (TPSA) is 46.2 Å². The predicted octanol–water partition coefficient (Wildman–Crippen LogP) is 2.69. The van der Waals surface area contributed by atoms with Gasteiger partial charge in [-0.1, -0.05) is 12.5 Å². The summed E-state index contributed by atoms with van der Waals surface area (Å²) in [6.45, 7) is 0. The predicted molar refractivity (Wildman–Crippen MR) is 63.8 cm³/mol. The molecule has 0 bridgehead atoms. The van der Waals surface area contributed by atoms with Crippen LogP contribution >= 0.6 is 12.4 Å². The van der Waals surface area contributed by atoms with Gasteiger partial charge in [0.2, 0.25) is 0 Å². The smallest absolute Gasteiger partial charge is 0.194 e. The molecule has 1 aliphatic rings. The quantitative estimate of drug-likeness (QED) is 0.837. The molecule has 0 saturated heterocycles. The second-order valence-electron chi connectivity index (χ2n) is 4.47. The summed E-state index contributed by atoms with van der Waals surface area (Å²) in [4.78, 5) is 0. The summed E-state index contributed by atoms with van der Waals surface area (Å²) in [6, 6.07) is 0.886. The second-order valence-corrected chi connectivity index (χ2v) is 4.47. The monoisotopic (exact) mass is 281 g/mol. The number of halogens is 4. The summed E-state index contributed by atoms with van der Waals surface area (Å²) >= 11 is 0. The van der Waals surface area contributed by atoms with Gasteiger partial charge in [0.25, 0.3) is 0 Å². The third kappa shape index (κ3) is 2.63. The zero-order valence-corrected chi connectivity index (χ0v) is 10.4. The van der Waals surface area contributed by atoms with Crippen LogP contribution in [0.25, 0.3) is 0 Å². The highest BCUT2D eigenvalue weighted by molar-refractivity contribution is 5.85. The van der Waals surface area contributed by atoms with Crippen LogP contribution in [0.1, 0.15) is 30.9 Å². The van der Waals surface area contributed by atoms with Gasteiger partial charge in [-0.05, 0) is 24.8 Å². The van der Waals surface area contributed by atoms with Crippen molar-refractivity contribution >= 4 is 12.4 Å². The van der Waals surface area contributed by atoms with Crippen LogP contribution in [0.5, 0.6) is 0 Å². The lowest BCUT2D eigenvalue weighted by Gasteiger charge is -2.33. The van der Waals surface area contributed by atoms with Gasteiger partial charge in [-0.15, -0.1) is 12.4 Å². The Morgan fingerprint density at radius 2 is 1.78 bits per heavy atom. The molecule has 1 aromatic rings. The number of rotatable bonds is 3. The number of hydrogen-bond acceptors (Lipinski definition) is 2. The maximum absolute atomic E-state index is 13.5. The number of aliphatic hydroxyl groups is 1. The van der Waals surface area contributed by atoms with Crippen molar-refractivity contribution in [2.45, 2.75) is 31.4 Å². The van der Waals surface area contributed by atoms with E-state index in [2.05, 4.69) is 0 Å². The standard InChI is InChI=1S/C12H14F3NO.ClH/c13-8-5-4-7(9(14)10(8)15)11(16)12(17)6-2-1-3-6;/h4-6,11-12,17H,1-3,16H2;1H/t11-,12+;/m0./s1. The van der Waals surface area contributed by atoms with E-state index in [0.717, 1.165) is 31.4 Å². The highest BCUT2D eigenvalue weighted by Gasteiger charge is 2.32. The Morgan fingerprint density at radius 1 is 1.17 bits per heavy atom. The summed E-state index contributed by atoms with van der Waals surface area (Å²) in [5, 5.41) is 9.87. The third-order valence-corrected chi connectivity index (χ3v) is 3.42. The SMILES string of the molecule is Cl.N[C@@H](c1ccc(F)c(F)c1F)[C@H](O)C1CCC1. The van der Waals surface area contributed by atoms with E-state index in [1.165, 1.54) is 0 Å². The number of aliphatic hydroxyl groups excluding tert-OH is 1. The Hall–Kier alpha value is -0.780. The van der Waals surface area contributed by atoms with Gasteiger partial charge >= 0.3 is 0 Å². The summed E-state index contributed by atoms with van der Waals surface area (Å²) < 4.78 is 39.2. The molecule has 0 aliphatic heterocycles. The van der Waals surface area contributed by atoms with E-state index in [0.29, 0.717) is 0 Å². The molecule has 1 saturated carbocycles. The van der Waals surface area contributed by atoms with Crippen LogP contribution in [0.15, 0.2) is 12.1 Å². The lowest BCUT2D eigenvalue weighted by Crippen LogP contribution is -2.37. The largest absolute Gasteiger partial charge is 0.391 e. The first kappa shape index (κ1) is 15.3. The third-order valence-electron chi connectivity index (χ3n) is 3.42. The second kappa shape index (κ2) is 5.91. The van der Waals surface area contributed by atoms with E-state index in [1.807, 2.05) is 0 Å². The van der Waals surface area contributed by atoms with E-state index in [9.17, 15) is 18.3 Å². The van der Waals surface area contributed by atoms with Gasteiger partial charge < -0.3 is 10.8 Å². The fourth-order valence-corrected chi connectivity index (χ4v) is 2.06. The molecule has 0 spiro atoms. The first-order valence-electron chi connectivity index (χ1n) is 5.59. The van der Waals surface area contributed by atoms with Crippen molar-refractivity contribution < 1.29 is 18.3 Å².